The molecular formula is C28H26ClF3N4O. The zero-order valence-corrected chi connectivity index (χ0v) is 20.8. The third-order valence-corrected chi connectivity index (χ3v) is 6.94. The number of fused-ring (bicyclic) bond motifs is 1. The van der Waals surface area contributed by atoms with Gasteiger partial charge in [-0.25, -0.2) is 4.98 Å². The molecular weight excluding hydrogens is 501 g/mol. The number of carbonyl (C=O) groups is 1. The molecule has 1 N–H and O–H groups in total. The Kier molecular flexibility index (Phi) is 7.22. The largest absolute Gasteiger partial charge is 0.416 e. The van der Waals surface area contributed by atoms with E-state index < -0.39 is 11.7 Å². The maximum Gasteiger partial charge on any atom is 0.416 e. The minimum atomic E-state index is -4.46. The lowest BCUT2D eigenvalue weighted by atomic mass is 9.97. The molecule has 1 atom stereocenters. The van der Waals surface area contributed by atoms with Crippen LogP contribution in [-0.2, 0) is 24.1 Å². The maximum absolute atomic E-state index is 13.0. The Balaban J connectivity index is 1.31. The van der Waals surface area contributed by atoms with Gasteiger partial charge in [0.15, 0.2) is 0 Å². The number of imidazole rings is 1. The van der Waals surface area contributed by atoms with Crippen LogP contribution in [0.25, 0.3) is 11.0 Å². The van der Waals surface area contributed by atoms with Crippen LogP contribution < -0.4 is 5.32 Å². The van der Waals surface area contributed by atoms with Crippen LogP contribution in [0.15, 0.2) is 72.8 Å². The van der Waals surface area contributed by atoms with Gasteiger partial charge in [-0.15, -0.1) is 0 Å². The number of benzene rings is 3. The van der Waals surface area contributed by atoms with Gasteiger partial charge in [0.05, 0.1) is 29.1 Å². The molecule has 2 heterocycles. The van der Waals surface area contributed by atoms with Crippen LogP contribution >= 0.6 is 11.6 Å². The van der Waals surface area contributed by atoms with Gasteiger partial charge in [0.2, 0.25) is 5.91 Å². The van der Waals surface area contributed by atoms with E-state index in [1.807, 2.05) is 48.5 Å². The number of piperidine rings is 1. The zero-order valence-electron chi connectivity index (χ0n) is 20.0. The second kappa shape index (κ2) is 10.6. The Morgan fingerprint density at radius 3 is 2.59 bits per heavy atom. The van der Waals surface area contributed by atoms with Gasteiger partial charge in [-0.2, -0.15) is 13.2 Å². The van der Waals surface area contributed by atoms with E-state index in [2.05, 4.69) is 14.8 Å². The van der Waals surface area contributed by atoms with Gasteiger partial charge in [-0.1, -0.05) is 41.9 Å². The lowest BCUT2D eigenvalue weighted by Gasteiger charge is -2.31. The summed E-state index contributed by atoms with van der Waals surface area (Å²) in [7, 11) is 0. The summed E-state index contributed by atoms with van der Waals surface area (Å²) in [5.41, 5.74) is 2.41. The van der Waals surface area contributed by atoms with Crippen molar-refractivity contribution in [2.45, 2.75) is 32.1 Å². The summed E-state index contributed by atoms with van der Waals surface area (Å²) in [5, 5.41) is 3.36. The van der Waals surface area contributed by atoms with E-state index in [-0.39, 0.29) is 17.5 Å². The van der Waals surface area contributed by atoms with Crippen molar-refractivity contribution in [2.75, 3.05) is 18.4 Å². The molecule has 0 saturated carbocycles. The molecule has 1 aliphatic heterocycles. The topological polar surface area (TPSA) is 50.2 Å². The number of likely N-dealkylation sites (tertiary alicyclic amines) is 1. The van der Waals surface area contributed by atoms with Gasteiger partial charge >= 0.3 is 6.18 Å². The molecule has 5 rings (SSSR count). The van der Waals surface area contributed by atoms with Crippen molar-refractivity contribution in [1.29, 1.82) is 0 Å². The summed E-state index contributed by atoms with van der Waals surface area (Å²) in [6.07, 6.45) is -2.96. The predicted molar refractivity (Wildman–Crippen MR) is 138 cm³/mol. The smallest absolute Gasteiger partial charge is 0.326 e. The first kappa shape index (κ1) is 25.3. The molecule has 0 aliphatic carbocycles. The van der Waals surface area contributed by atoms with Crippen molar-refractivity contribution < 1.29 is 18.0 Å². The van der Waals surface area contributed by atoms with E-state index in [1.54, 1.807) is 0 Å². The quantitative estimate of drug-likeness (QED) is 0.308. The number of para-hydroxylation sites is 2. The van der Waals surface area contributed by atoms with E-state index >= 15 is 0 Å². The predicted octanol–water partition coefficient (Wildman–Crippen LogP) is 6.61. The first-order valence-electron chi connectivity index (χ1n) is 12.2. The first-order valence-corrected chi connectivity index (χ1v) is 12.5. The second-order valence-corrected chi connectivity index (χ2v) is 9.81. The van der Waals surface area contributed by atoms with E-state index in [0.717, 1.165) is 47.5 Å². The number of aromatic nitrogens is 2. The summed E-state index contributed by atoms with van der Waals surface area (Å²) in [4.78, 5) is 20.0. The highest BCUT2D eigenvalue weighted by Gasteiger charge is 2.31. The summed E-state index contributed by atoms with van der Waals surface area (Å²) in [5.74, 6) is 0.311. The molecule has 4 aromatic rings. The molecule has 37 heavy (non-hydrogen) atoms. The van der Waals surface area contributed by atoms with E-state index in [0.29, 0.717) is 31.1 Å². The van der Waals surface area contributed by atoms with Gasteiger partial charge in [0, 0.05) is 23.8 Å². The van der Waals surface area contributed by atoms with Gasteiger partial charge in [-0.05, 0) is 67.4 Å². The monoisotopic (exact) mass is 526 g/mol. The summed E-state index contributed by atoms with van der Waals surface area (Å²) in [6.45, 7) is 2.53. The highest BCUT2D eigenvalue weighted by molar-refractivity contribution is 6.30. The van der Waals surface area contributed by atoms with E-state index in [1.165, 1.54) is 12.1 Å². The summed E-state index contributed by atoms with van der Waals surface area (Å²) in [6, 6.07) is 20.5. The number of anilines is 1. The van der Waals surface area contributed by atoms with Crippen LogP contribution in [0.4, 0.5) is 18.9 Å². The molecule has 1 aromatic heterocycles. The lowest BCUT2D eigenvalue weighted by Crippen LogP contribution is -2.40. The Morgan fingerprint density at radius 2 is 1.81 bits per heavy atom. The van der Waals surface area contributed by atoms with Crippen molar-refractivity contribution in [1.82, 2.24) is 14.5 Å². The van der Waals surface area contributed by atoms with Crippen LogP contribution in [0.1, 0.15) is 29.8 Å². The van der Waals surface area contributed by atoms with Crippen LogP contribution in [0, 0.1) is 5.92 Å². The van der Waals surface area contributed by atoms with Crippen molar-refractivity contribution >= 4 is 34.2 Å². The highest BCUT2D eigenvalue weighted by atomic mass is 35.5. The van der Waals surface area contributed by atoms with E-state index in [9.17, 15) is 18.0 Å². The maximum atomic E-state index is 13.0. The molecule has 0 spiro atoms. The average molecular weight is 527 g/mol. The molecule has 3 aromatic carbocycles. The summed E-state index contributed by atoms with van der Waals surface area (Å²) >= 11 is 6.06. The molecule has 0 bridgehead atoms. The Bertz CT molecular complexity index is 1400. The number of rotatable bonds is 6. The number of hydrogen-bond donors (Lipinski definition) is 1. The Morgan fingerprint density at radius 1 is 1.03 bits per heavy atom. The molecule has 192 valence electrons. The molecule has 1 aliphatic rings. The Labute approximate surface area is 217 Å². The van der Waals surface area contributed by atoms with Crippen molar-refractivity contribution in [3.63, 3.8) is 0 Å². The number of nitrogens with zero attached hydrogens (tertiary/aromatic N) is 3. The number of alkyl halides is 3. The van der Waals surface area contributed by atoms with Gasteiger partial charge in [-0.3, -0.25) is 9.69 Å². The van der Waals surface area contributed by atoms with Gasteiger partial charge < -0.3 is 9.88 Å². The molecule has 1 fully saturated rings. The number of halogens is 4. The van der Waals surface area contributed by atoms with Crippen molar-refractivity contribution in [3.8, 4) is 0 Å². The third kappa shape index (κ3) is 5.97. The molecule has 5 nitrogen and oxygen atoms in total. The minimum absolute atomic E-state index is 0.154. The van der Waals surface area contributed by atoms with Crippen LogP contribution in [0.2, 0.25) is 5.02 Å². The van der Waals surface area contributed by atoms with Crippen molar-refractivity contribution in [3.05, 3.63) is 94.8 Å². The van der Waals surface area contributed by atoms with Crippen LogP contribution in [0.3, 0.4) is 0 Å². The first-order chi connectivity index (χ1) is 17.8. The van der Waals surface area contributed by atoms with E-state index in [4.69, 9.17) is 16.6 Å². The molecule has 9 heteroatoms. The number of nitrogens with one attached hydrogen (secondary N) is 1. The fraction of sp³-hybridized carbons (Fsp3) is 0.286. The number of carbonyl (C=O) groups excluding carboxylic acids is 1. The standard InChI is InChI=1S/C28H26ClF3N4O/c29-22-12-10-19(11-13-22)16-36-25-9-2-1-8-24(25)34-26(36)18-35-14-4-5-20(17-35)27(37)33-23-7-3-6-21(15-23)28(30,31)32/h1-3,6-13,15,20H,4-5,14,16-18H2,(H,33,37)/t20-/m1/s1. The van der Waals surface area contributed by atoms with Crippen LogP contribution in [0.5, 0.6) is 0 Å². The number of hydrogen-bond acceptors (Lipinski definition) is 3. The molecule has 1 saturated heterocycles. The van der Waals surface area contributed by atoms with Gasteiger partial charge in [0.25, 0.3) is 0 Å². The molecule has 0 unspecified atom stereocenters. The fourth-order valence-corrected chi connectivity index (χ4v) is 4.95. The van der Waals surface area contributed by atoms with Crippen LogP contribution in [-0.4, -0.2) is 33.4 Å². The third-order valence-electron chi connectivity index (χ3n) is 6.69. The van der Waals surface area contributed by atoms with Crippen molar-refractivity contribution in [2.24, 2.45) is 5.92 Å². The lowest BCUT2D eigenvalue weighted by molar-refractivity contribution is -0.137. The molecule has 0 radical (unpaired) electrons. The Hall–Kier alpha value is -3.36. The second-order valence-electron chi connectivity index (χ2n) is 9.37. The normalized spacial score (nSPS) is 16.7. The highest BCUT2D eigenvalue weighted by Crippen LogP contribution is 2.31. The summed E-state index contributed by atoms with van der Waals surface area (Å²) < 4.78 is 41.3. The zero-order chi connectivity index (χ0) is 26.0. The SMILES string of the molecule is O=C(Nc1cccc(C(F)(F)F)c1)[C@@H]1CCCN(Cc2nc3ccccc3n2Cc2ccc(Cl)cc2)C1. The van der Waals surface area contributed by atoms with Gasteiger partial charge in [0.1, 0.15) is 5.82 Å². The minimum Gasteiger partial charge on any atom is -0.326 e. The fourth-order valence-electron chi connectivity index (χ4n) is 4.83. The number of amides is 1. The molecule has 1 amide bonds. The average Bonchev–Trinajstić information content (AvgIpc) is 3.22.